The van der Waals surface area contributed by atoms with Gasteiger partial charge < -0.3 is 15.0 Å². The average Bonchev–Trinajstić information content (AvgIpc) is 3.49. The Hall–Kier alpha value is -3.45. The number of aryl methyl sites for hydroxylation is 2. The van der Waals surface area contributed by atoms with Crippen molar-refractivity contribution < 1.29 is 9.13 Å². The fourth-order valence-corrected chi connectivity index (χ4v) is 5.69. The molecule has 35 heavy (non-hydrogen) atoms. The van der Waals surface area contributed by atoms with Gasteiger partial charge in [-0.15, -0.1) is 11.3 Å². The number of aromatic nitrogens is 3. The Morgan fingerprint density at radius 3 is 2.89 bits per heavy atom. The number of benzene rings is 2. The van der Waals surface area contributed by atoms with Crippen molar-refractivity contribution in [1.82, 2.24) is 15.0 Å². The Kier molecular flexibility index (Phi) is 5.65. The van der Waals surface area contributed by atoms with Gasteiger partial charge in [-0.05, 0) is 80.0 Å². The van der Waals surface area contributed by atoms with Crippen LogP contribution in [0.4, 0.5) is 10.2 Å². The molecule has 1 aliphatic carbocycles. The minimum absolute atomic E-state index is 0.210. The zero-order valence-electron chi connectivity index (χ0n) is 19.8. The lowest BCUT2D eigenvalue weighted by Gasteiger charge is -2.08. The second-order valence-corrected chi connectivity index (χ2v) is 10.4. The molecule has 3 heterocycles. The fraction of sp³-hybridized carbons (Fsp3) is 0.286. The van der Waals surface area contributed by atoms with Crippen LogP contribution in [0.15, 0.2) is 48.8 Å². The van der Waals surface area contributed by atoms with Gasteiger partial charge in [0.15, 0.2) is 0 Å². The molecular formula is C28H27FN4OS. The van der Waals surface area contributed by atoms with Crippen LogP contribution in [0.5, 0.6) is 5.75 Å². The van der Waals surface area contributed by atoms with Crippen LogP contribution in [-0.4, -0.2) is 28.1 Å². The van der Waals surface area contributed by atoms with E-state index >= 15 is 0 Å². The van der Waals surface area contributed by atoms with Crippen LogP contribution >= 0.6 is 11.3 Å². The number of hydrogen-bond donors (Lipinski definition) is 2. The zero-order valence-corrected chi connectivity index (χ0v) is 20.6. The fourth-order valence-electron chi connectivity index (χ4n) is 4.62. The van der Waals surface area contributed by atoms with Crippen molar-refractivity contribution in [1.29, 1.82) is 0 Å². The molecule has 3 aromatic heterocycles. The number of rotatable bonds is 8. The molecule has 2 aromatic carbocycles. The normalized spacial score (nSPS) is 13.6. The van der Waals surface area contributed by atoms with E-state index in [2.05, 4.69) is 38.5 Å². The number of aromatic amines is 1. The number of halogens is 1. The van der Waals surface area contributed by atoms with Gasteiger partial charge in [0.2, 0.25) is 0 Å². The summed E-state index contributed by atoms with van der Waals surface area (Å²) in [6.45, 7) is 5.52. The van der Waals surface area contributed by atoms with E-state index in [0.717, 1.165) is 73.4 Å². The van der Waals surface area contributed by atoms with Gasteiger partial charge in [0.05, 0.1) is 22.3 Å². The van der Waals surface area contributed by atoms with Gasteiger partial charge >= 0.3 is 0 Å². The van der Waals surface area contributed by atoms with E-state index in [1.54, 1.807) is 17.7 Å². The third kappa shape index (κ3) is 4.36. The van der Waals surface area contributed by atoms with Gasteiger partial charge in [0, 0.05) is 22.5 Å². The van der Waals surface area contributed by atoms with Gasteiger partial charge in [0.25, 0.3) is 0 Å². The highest BCUT2D eigenvalue weighted by molar-refractivity contribution is 7.22. The SMILES string of the molecule is Cc1[nH]c2c(F)ccc(C)c2c1CCNc1ncnc2cc(-c3cccc(OCC4CC4)c3)sc12. The van der Waals surface area contributed by atoms with Gasteiger partial charge in [-0.25, -0.2) is 14.4 Å². The minimum atomic E-state index is -0.210. The first kappa shape index (κ1) is 22.0. The number of nitrogens with one attached hydrogen (secondary N) is 2. The Morgan fingerprint density at radius 2 is 2.03 bits per heavy atom. The largest absolute Gasteiger partial charge is 0.493 e. The molecule has 0 radical (unpaired) electrons. The maximum Gasteiger partial charge on any atom is 0.147 e. The summed E-state index contributed by atoms with van der Waals surface area (Å²) in [5.74, 6) is 2.26. The highest BCUT2D eigenvalue weighted by atomic mass is 32.1. The van der Waals surface area contributed by atoms with Gasteiger partial charge in [-0.3, -0.25) is 0 Å². The van der Waals surface area contributed by atoms with E-state index in [1.807, 2.05) is 32.0 Å². The van der Waals surface area contributed by atoms with E-state index < -0.39 is 0 Å². The summed E-state index contributed by atoms with van der Waals surface area (Å²) in [6, 6.07) is 13.8. The lowest BCUT2D eigenvalue weighted by Crippen LogP contribution is -2.07. The first-order chi connectivity index (χ1) is 17.1. The Morgan fingerprint density at radius 1 is 1.14 bits per heavy atom. The predicted octanol–water partition coefficient (Wildman–Crippen LogP) is 7.04. The highest BCUT2D eigenvalue weighted by Crippen LogP contribution is 2.37. The number of nitrogens with zero attached hydrogens (tertiary/aromatic N) is 2. The van der Waals surface area contributed by atoms with E-state index in [-0.39, 0.29) is 5.82 Å². The van der Waals surface area contributed by atoms with Crippen molar-refractivity contribution >= 4 is 38.3 Å². The summed E-state index contributed by atoms with van der Waals surface area (Å²) in [5.41, 5.74) is 5.87. The van der Waals surface area contributed by atoms with E-state index in [9.17, 15) is 4.39 Å². The molecule has 1 saturated carbocycles. The van der Waals surface area contributed by atoms with Crippen molar-refractivity contribution in [3.8, 4) is 16.2 Å². The number of anilines is 1. The molecule has 1 fully saturated rings. The average molecular weight is 487 g/mol. The zero-order chi connectivity index (χ0) is 23.9. The van der Waals surface area contributed by atoms with Crippen LogP contribution in [0.2, 0.25) is 0 Å². The van der Waals surface area contributed by atoms with E-state index in [1.165, 1.54) is 18.9 Å². The Balaban J connectivity index is 1.22. The summed E-state index contributed by atoms with van der Waals surface area (Å²) in [4.78, 5) is 13.4. The summed E-state index contributed by atoms with van der Waals surface area (Å²) in [5, 5.41) is 4.48. The predicted molar refractivity (Wildman–Crippen MR) is 141 cm³/mol. The van der Waals surface area contributed by atoms with Crippen LogP contribution in [0.25, 0.3) is 31.6 Å². The number of fused-ring (bicyclic) bond motifs is 2. The summed E-state index contributed by atoms with van der Waals surface area (Å²) in [7, 11) is 0. The highest BCUT2D eigenvalue weighted by Gasteiger charge is 2.22. The maximum atomic E-state index is 14.3. The van der Waals surface area contributed by atoms with Gasteiger partial charge in [-0.1, -0.05) is 18.2 Å². The van der Waals surface area contributed by atoms with Crippen molar-refractivity contribution in [2.45, 2.75) is 33.1 Å². The first-order valence-corrected chi connectivity index (χ1v) is 12.9. The molecule has 0 spiro atoms. The standard InChI is InChI=1S/C28H27FN4OS/c1-16-6-9-22(29)26-25(16)21(17(2)33-26)10-11-30-28-27-23(31-15-32-28)13-24(35-27)19-4-3-5-20(12-19)34-14-18-7-8-18/h3-6,9,12-13,15,18,33H,7-8,10-11,14H2,1-2H3,(H,30,31,32). The van der Waals surface area contributed by atoms with Crippen LogP contribution in [0.1, 0.15) is 29.7 Å². The van der Waals surface area contributed by atoms with Crippen molar-refractivity contribution in [3.63, 3.8) is 0 Å². The van der Waals surface area contributed by atoms with Crippen molar-refractivity contribution in [2.75, 3.05) is 18.5 Å². The first-order valence-electron chi connectivity index (χ1n) is 12.0. The lowest BCUT2D eigenvalue weighted by atomic mass is 10.0. The van der Waals surface area contributed by atoms with Crippen LogP contribution < -0.4 is 10.1 Å². The number of thiophene rings is 1. The van der Waals surface area contributed by atoms with Crippen molar-refractivity contribution in [3.05, 3.63) is 71.4 Å². The Bertz CT molecular complexity index is 1540. The molecule has 1 aliphatic rings. The molecule has 178 valence electrons. The summed E-state index contributed by atoms with van der Waals surface area (Å²) >= 11 is 1.68. The number of hydrogen-bond acceptors (Lipinski definition) is 5. The van der Waals surface area contributed by atoms with Crippen molar-refractivity contribution in [2.24, 2.45) is 5.92 Å². The number of H-pyrrole nitrogens is 1. The second-order valence-electron chi connectivity index (χ2n) is 9.35. The molecule has 0 unspecified atom stereocenters. The third-order valence-corrected chi connectivity index (χ3v) is 7.89. The van der Waals surface area contributed by atoms with E-state index in [4.69, 9.17) is 4.74 Å². The number of ether oxygens (including phenoxy) is 1. The minimum Gasteiger partial charge on any atom is -0.493 e. The molecule has 0 bridgehead atoms. The maximum absolute atomic E-state index is 14.3. The third-order valence-electron chi connectivity index (χ3n) is 6.71. The molecule has 2 N–H and O–H groups in total. The molecule has 7 heteroatoms. The molecule has 5 nitrogen and oxygen atoms in total. The quantitative estimate of drug-likeness (QED) is 0.247. The Labute approximate surface area is 207 Å². The lowest BCUT2D eigenvalue weighted by molar-refractivity contribution is 0.300. The molecule has 6 rings (SSSR count). The molecule has 0 atom stereocenters. The van der Waals surface area contributed by atoms with E-state index in [0.29, 0.717) is 12.1 Å². The topological polar surface area (TPSA) is 62.8 Å². The molecule has 5 aromatic rings. The summed E-state index contributed by atoms with van der Waals surface area (Å²) < 4.78 is 21.3. The monoisotopic (exact) mass is 486 g/mol. The molecular weight excluding hydrogens is 459 g/mol. The molecule has 0 saturated heterocycles. The van der Waals surface area contributed by atoms with Crippen LogP contribution in [0.3, 0.4) is 0 Å². The van der Waals surface area contributed by atoms with Crippen LogP contribution in [0, 0.1) is 25.6 Å². The molecule has 0 aliphatic heterocycles. The van der Waals surface area contributed by atoms with Gasteiger partial charge in [0.1, 0.15) is 23.7 Å². The smallest absolute Gasteiger partial charge is 0.147 e. The molecule has 0 amide bonds. The summed E-state index contributed by atoms with van der Waals surface area (Å²) in [6.07, 6.45) is 4.93. The second kappa shape index (κ2) is 8.96. The van der Waals surface area contributed by atoms with Crippen LogP contribution in [-0.2, 0) is 6.42 Å². The van der Waals surface area contributed by atoms with Gasteiger partial charge in [-0.2, -0.15) is 0 Å².